The molecule has 3 N–H and O–H groups in total. The van der Waals surface area contributed by atoms with Crippen molar-refractivity contribution in [1.82, 2.24) is 9.88 Å². The van der Waals surface area contributed by atoms with E-state index in [4.69, 9.17) is 17.3 Å². The molecule has 9 nitrogen and oxygen atoms in total. The van der Waals surface area contributed by atoms with E-state index in [0.717, 1.165) is 18.2 Å². The normalized spacial score (nSPS) is 12.9. The number of nitrogens with one attached hydrogen (secondary N) is 1. The van der Waals surface area contributed by atoms with E-state index in [0.29, 0.717) is 4.57 Å². The minimum absolute atomic E-state index is 0.270. The van der Waals surface area contributed by atoms with Crippen LogP contribution in [0, 0.1) is 15.9 Å². The van der Waals surface area contributed by atoms with Crippen molar-refractivity contribution in [2.45, 2.75) is 0 Å². The fourth-order valence-corrected chi connectivity index (χ4v) is 2.64. The number of nitrogen functional groups attached to an aromatic ring is 1. The van der Waals surface area contributed by atoms with Gasteiger partial charge < -0.3 is 5.73 Å². The number of imide groups is 1. The molecule has 0 spiro atoms. The molecule has 2 aromatic rings. The second-order valence-electron chi connectivity index (χ2n) is 4.76. The topological polar surface area (TPSA) is 137 Å². The number of benzene rings is 1. The van der Waals surface area contributed by atoms with Crippen molar-refractivity contribution < 1.29 is 18.9 Å². The first-order valence-corrected chi connectivity index (χ1v) is 6.65. The number of hydrogen-bond donors (Lipinski definition) is 2. The molecule has 24 heavy (non-hydrogen) atoms. The maximum atomic E-state index is 13.7. The molecular weight excluding hydrogens is 347 g/mol. The first-order chi connectivity index (χ1) is 11.2. The lowest BCUT2D eigenvalue weighted by Crippen LogP contribution is -2.25. The zero-order valence-electron chi connectivity index (χ0n) is 11.5. The lowest BCUT2D eigenvalue weighted by Gasteiger charge is -2.13. The fraction of sp³-hybridized carbons (Fsp3) is 0. The number of hydrogen-bond acceptors (Lipinski definition) is 6. The van der Waals surface area contributed by atoms with Crippen LogP contribution in [0.5, 0.6) is 0 Å². The number of rotatable bonds is 2. The summed E-state index contributed by atoms with van der Waals surface area (Å²) in [6.45, 7) is 0. The van der Waals surface area contributed by atoms with Crippen molar-refractivity contribution in [3.8, 4) is 5.69 Å². The van der Waals surface area contributed by atoms with Crippen molar-refractivity contribution in [2.24, 2.45) is 0 Å². The lowest BCUT2D eigenvalue weighted by atomic mass is 10.1. The van der Waals surface area contributed by atoms with Crippen LogP contribution >= 0.6 is 11.6 Å². The summed E-state index contributed by atoms with van der Waals surface area (Å²) in [5.74, 6) is -3.29. The molecule has 0 atom stereocenters. The minimum Gasteiger partial charge on any atom is -0.384 e. The Morgan fingerprint density at radius 2 is 1.92 bits per heavy atom. The third kappa shape index (κ3) is 2.04. The molecule has 3 rings (SSSR count). The maximum Gasteiger partial charge on any atom is 0.295 e. The van der Waals surface area contributed by atoms with Gasteiger partial charge >= 0.3 is 0 Å². The zero-order valence-corrected chi connectivity index (χ0v) is 12.3. The van der Waals surface area contributed by atoms with Crippen molar-refractivity contribution in [3.05, 3.63) is 60.6 Å². The van der Waals surface area contributed by atoms with E-state index < -0.39 is 50.3 Å². The number of nitro benzene ring substituents is 1. The summed E-state index contributed by atoms with van der Waals surface area (Å²) in [5, 5.41) is 12.4. The van der Waals surface area contributed by atoms with Gasteiger partial charge in [-0.15, -0.1) is 0 Å². The van der Waals surface area contributed by atoms with Gasteiger partial charge in [-0.2, -0.15) is 0 Å². The van der Waals surface area contributed by atoms with Gasteiger partial charge in [0.1, 0.15) is 16.7 Å². The van der Waals surface area contributed by atoms with Crippen LogP contribution in [0.2, 0.25) is 5.02 Å². The minimum atomic E-state index is -1.02. The second kappa shape index (κ2) is 5.13. The molecule has 0 saturated heterocycles. The van der Waals surface area contributed by atoms with Gasteiger partial charge in [0.2, 0.25) is 0 Å². The molecule has 1 aliphatic rings. The molecule has 11 heteroatoms. The summed E-state index contributed by atoms with van der Waals surface area (Å²) in [6.07, 6.45) is 0. The van der Waals surface area contributed by atoms with Crippen LogP contribution in [0.1, 0.15) is 20.7 Å². The average molecular weight is 353 g/mol. The van der Waals surface area contributed by atoms with E-state index >= 15 is 0 Å². The van der Waals surface area contributed by atoms with Crippen molar-refractivity contribution in [3.63, 3.8) is 0 Å². The van der Waals surface area contributed by atoms with Crippen LogP contribution in [-0.2, 0) is 0 Å². The van der Waals surface area contributed by atoms with E-state index in [1.807, 2.05) is 5.32 Å². The van der Waals surface area contributed by atoms with Gasteiger partial charge in [-0.1, -0.05) is 11.6 Å². The van der Waals surface area contributed by atoms with E-state index in [1.54, 1.807) is 0 Å². The number of anilines is 1. The van der Waals surface area contributed by atoms with Crippen molar-refractivity contribution in [2.75, 3.05) is 5.73 Å². The Hall–Kier alpha value is -3.27. The molecule has 2 heterocycles. The fourth-order valence-electron chi connectivity index (χ4n) is 2.40. The Kier molecular flexibility index (Phi) is 3.34. The molecule has 0 radical (unpaired) electrons. The van der Waals surface area contributed by atoms with Crippen LogP contribution in [0.25, 0.3) is 5.69 Å². The van der Waals surface area contributed by atoms with Gasteiger partial charge in [0.25, 0.3) is 23.1 Å². The number of nitrogens with two attached hydrogens (primary N) is 1. The predicted octanol–water partition coefficient (Wildman–Crippen LogP) is 1.00. The lowest BCUT2D eigenvalue weighted by molar-refractivity contribution is -0.384. The number of nitrogens with zero attached hydrogens (tertiary/aromatic N) is 2. The van der Waals surface area contributed by atoms with Crippen LogP contribution in [0.15, 0.2) is 23.0 Å². The summed E-state index contributed by atoms with van der Waals surface area (Å²) < 4.78 is 14.3. The Bertz CT molecular complexity index is 1020. The van der Waals surface area contributed by atoms with Crippen LogP contribution in [-0.4, -0.2) is 21.3 Å². The Morgan fingerprint density at radius 1 is 1.25 bits per heavy atom. The number of halogens is 2. The molecular formula is C13H6ClFN4O5. The number of amides is 2. The third-order valence-corrected chi connectivity index (χ3v) is 3.78. The quantitative estimate of drug-likeness (QED) is 0.470. The smallest absolute Gasteiger partial charge is 0.295 e. The van der Waals surface area contributed by atoms with Crippen LogP contribution in [0.4, 0.5) is 15.9 Å². The predicted molar refractivity (Wildman–Crippen MR) is 79.9 cm³/mol. The SMILES string of the molecule is Nc1c2c(cc(=O)n1-c1c([N+](=O)[O-])ccc(F)c1Cl)C(=O)NC2=O. The highest BCUT2D eigenvalue weighted by atomic mass is 35.5. The summed E-state index contributed by atoms with van der Waals surface area (Å²) in [4.78, 5) is 45.9. The van der Waals surface area contributed by atoms with Gasteiger partial charge in [-0.05, 0) is 6.07 Å². The summed E-state index contributed by atoms with van der Waals surface area (Å²) >= 11 is 5.77. The largest absolute Gasteiger partial charge is 0.384 e. The Balaban J connectivity index is 2.46. The number of aromatic nitrogens is 1. The molecule has 0 aliphatic carbocycles. The standard InChI is InChI=1S/C13H6ClFN4O5/c14-9-5(15)1-2-6(19(23)24)10(9)18-7(20)3-4-8(11(18)16)13(22)17-12(4)21/h1-3H,16H2,(H,17,21,22). The van der Waals surface area contributed by atoms with Crippen molar-refractivity contribution in [1.29, 1.82) is 0 Å². The van der Waals surface area contributed by atoms with Gasteiger partial charge in [-0.3, -0.25) is 34.4 Å². The van der Waals surface area contributed by atoms with Crippen LogP contribution < -0.4 is 16.6 Å². The van der Waals surface area contributed by atoms with E-state index in [2.05, 4.69) is 0 Å². The molecule has 0 unspecified atom stereocenters. The highest BCUT2D eigenvalue weighted by molar-refractivity contribution is 6.33. The summed E-state index contributed by atoms with van der Waals surface area (Å²) in [6, 6.07) is 2.34. The number of carbonyl (C=O) groups excluding carboxylic acids is 2. The molecule has 0 bridgehead atoms. The van der Waals surface area contributed by atoms with Gasteiger partial charge in [0.05, 0.1) is 16.1 Å². The van der Waals surface area contributed by atoms with Gasteiger partial charge in [0.15, 0.2) is 5.69 Å². The molecule has 0 saturated carbocycles. The summed E-state index contributed by atoms with van der Waals surface area (Å²) in [7, 11) is 0. The van der Waals surface area contributed by atoms with E-state index in [9.17, 15) is 28.9 Å². The number of carbonyl (C=O) groups is 2. The number of fused-ring (bicyclic) bond motifs is 1. The number of pyridine rings is 1. The first-order valence-electron chi connectivity index (χ1n) is 6.28. The highest BCUT2D eigenvalue weighted by Gasteiger charge is 2.34. The van der Waals surface area contributed by atoms with Crippen LogP contribution in [0.3, 0.4) is 0 Å². The molecule has 1 aliphatic heterocycles. The average Bonchev–Trinajstić information content (AvgIpc) is 2.77. The van der Waals surface area contributed by atoms with E-state index in [1.165, 1.54) is 0 Å². The highest BCUT2D eigenvalue weighted by Crippen LogP contribution is 2.34. The second-order valence-corrected chi connectivity index (χ2v) is 5.14. The van der Waals surface area contributed by atoms with Gasteiger partial charge in [-0.25, -0.2) is 4.39 Å². The summed E-state index contributed by atoms with van der Waals surface area (Å²) in [5.41, 5.74) is 2.85. The molecule has 1 aromatic carbocycles. The third-order valence-electron chi connectivity index (χ3n) is 3.42. The maximum absolute atomic E-state index is 13.7. The Labute approximate surface area is 136 Å². The van der Waals surface area contributed by atoms with E-state index in [-0.39, 0.29) is 11.1 Å². The monoisotopic (exact) mass is 352 g/mol. The van der Waals surface area contributed by atoms with Crippen molar-refractivity contribution >= 4 is 34.9 Å². The zero-order chi connectivity index (χ0) is 17.8. The molecule has 2 amide bonds. The van der Waals surface area contributed by atoms with Gasteiger partial charge in [0, 0.05) is 12.1 Å². The Morgan fingerprint density at radius 3 is 2.54 bits per heavy atom. The number of nitro groups is 1. The molecule has 122 valence electrons. The molecule has 0 fully saturated rings. The molecule has 1 aromatic heterocycles. The first kappa shape index (κ1) is 15.6.